The monoisotopic (exact) mass is 500 g/mol. The zero-order chi connectivity index (χ0) is 19.2. The fourth-order valence-electron chi connectivity index (χ4n) is 3.35. The lowest BCUT2D eigenvalue weighted by Gasteiger charge is -2.24. The van der Waals surface area contributed by atoms with E-state index in [2.05, 4.69) is 15.2 Å². The molecule has 3 rings (SSSR count). The molecule has 1 saturated heterocycles. The number of benzene rings is 1. The molecule has 1 fully saturated rings. The summed E-state index contributed by atoms with van der Waals surface area (Å²) < 4.78 is 16.5. The molecule has 0 aliphatic carbocycles. The van der Waals surface area contributed by atoms with Gasteiger partial charge in [-0.1, -0.05) is 0 Å². The lowest BCUT2D eigenvalue weighted by atomic mass is 10.2. The molecule has 1 unspecified atom stereocenters. The van der Waals surface area contributed by atoms with E-state index in [0.717, 1.165) is 24.6 Å². The number of hydrogen-bond donors (Lipinski definition) is 2. The van der Waals surface area contributed by atoms with Gasteiger partial charge >= 0.3 is 0 Å². The third kappa shape index (κ3) is 5.54. The van der Waals surface area contributed by atoms with E-state index >= 15 is 0 Å². The molecule has 0 saturated carbocycles. The maximum Gasteiger partial charge on any atom is 0.193 e. The molecule has 0 bridgehead atoms. The highest BCUT2D eigenvalue weighted by Crippen LogP contribution is 2.29. The van der Waals surface area contributed by atoms with E-state index in [1.54, 1.807) is 14.2 Å². The maximum atomic E-state index is 6.14. The number of nitrogens with zero attached hydrogens (tertiary/aromatic N) is 2. The van der Waals surface area contributed by atoms with Gasteiger partial charge in [-0.05, 0) is 57.1 Å². The minimum atomic E-state index is 0. The standard InChI is InChI=1S/C20H28N4O3.HI/c1-14-6-8-19(27-14)17(24-10-4-5-11-24)13-22-20(21)23-16-12-15(25-2)7-9-18(16)26-3;/h6-9,12,17H,4-5,10-11,13H2,1-3H3,(H3,21,22,23);1H. The average Bonchev–Trinajstić information content (AvgIpc) is 3.34. The third-order valence-electron chi connectivity index (χ3n) is 4.77. The number of nitrogens with two attached hydrogens (primary N) is 1. The maximum absolute atomic E-state index is 6.14. The summed E-state index contributed by atoms with van der Waals surface area (Å²) in [7, 11) is 3.23. The van der Waals surface area contributed by atoms with Crippen molar-refractivity contribution in [3.8, 4) is 11.5 Å². The van der Waals surface area contributed by atoms with Crippen molar-refractivity contribution in [1.82, 2.24) is 4.90 Å². The van der Waals surface area contributed by atoms with Gasteiger partial charge in [0.1, 0.15) is 23.0 Å². The number of halogens is 1. The van der Waals surface area contributed by atoms with Gasteiger partial charge in [0.15, 0.2) is 5.96 Å². The van der Waals surface area contributed by atoms with Crippen LogP contribution in [0.5, 0.6) is 11.5 Å². The van der Waals surface area contributed by atoms with E-state index in [1.807, 2.05) is 37.3 Å². The van der Waals surface area contributed by atoms with Gasteiger partial charge in [-0.2, -0.15) is 0 Å². The average molecular weight is 500 g/mol. The molecule has 1 atom stereocenters. The summed E-state index contributed by atoms with van der Waals surface area (Å²) in [5.41, 5.74) is 6.86. The van der Waals surface area contributed by atoms with Crippen LogP contribution in [0.15, 0.2) is 39.7 Å². The van der Waals surface area contributed by atoms with Gasteiger partial charge in [0.05, 0.1) is 32.5 Å². The quantitative estimate of drug-likeness (QED) is 0.342. The van der Waals surface area contributed by atoms with Crippen molar-refractivity contribution in [1.29, 1.82) is 0 Å². The number of ether oxygens (including phenoxy) is 2. The SMILES string of the molecule is COc1ccc(OC)c(NC(N)=NCC(c2ccc(C)o2)N2CCCC2)c1.I. The molecule has 0 amide bonds. The Bertz CT molecular complexity index is 788. The van der Waals surface area contributed by atoms with Crippen LogP contribution in [0.3, 0.4) is 0 Å². The van der Waals surface area contributed by atoms with Crippen molar-refractivity contribution in [2.24, 2.45) is 10.7 Å². The van der Waals surface area contributed by atoms with Gasteiger partial charge in [-0.25, -0.2) is 0 Å². The molecule has 0 radical (unpaired) electrons. The third-order valence-corrected chi connectivity index (χ3v) is 4.77. The van der Waals surface area contributed by atoms with Crippen molar-refractivity contribution >= 4 is 35.6 Å². The van der Waals surface area contributed by atoms with Crippen molar-refractivity contribution in [2.75, 3.05) is 39.2 Å². The topological polar surface area (TPSA) is 85.2 Å². The van der Waals surface area contributed by atoms with Crippen LogP contribution in [0.2, 0.25) is 0 Å². The van der Waals surface area contributed by atoms with Crippen LogP contribution in [0.25, 0.3) is 0 Å². The molecule has 2 heterocycles. The Morgan fingerprint density at radius 1 is 1.21 bits per heavy atom. The molecule has 0 spiro atoms. The second-order valence-electron chi connectivity index (χ2n) is 6.62. The Kier molecular flexibility index (Phi) is 8.43. The van der Waals surface area contributed by atoms with Crippen LogP contribution in [-0.4, -0.2) is 44.7 Å². The zero-order valence-electron chi connectivity index (χ0n) is 16.6. The van der Waals surface area contributed by atoms with Crippen LogP contribution in [0.1, 0.15) is 30.4 Å². The van der Waals surface area contributed by atoms with Gasteiger partial charge in [0, 0.05) is 6.07 Å². The molecule has 8 heteroatoms. The predicted molar refractivity (Wildman–Crippen MR) is 122 cm³/mol. The van der Waals surface area contributed by atoms with E-state index in [4.69, 9.17) is 19.6 Å². The number of aryl methyl sites for hydroxylation is 1. The molecule has 2 aromatic rings. The zero-order valence-corrected chi connectivity index (χ0v) is 18.9. The summed E-state index contributed by atoms with van der Waals surface area (Å²) in [6.45, 7) is 4.59. The van der Waals surface area contributed by atoms with E-state index in [-0.39, 0.29) is 30.0 Å². The first kappa shape index (κ1) is 22.4. The molecule has 154 valence electrons. The first-order valence-corrected chi connectivity index (χ1v) is 9.20. The molecular weight excluding hydrogens is 471 g/mol. The van der Waals surface area contributed by atoms with Crippen molar-refractivity contribution in [3.63, 3.8) is 0 Å². The summed E-state index contributed by atoms with van der Waals surface area (Å²) in [5, 5.41) is 3.11. The largest absolute Gasteiger partial charge is 0.497 e. The second-order valence-corrected chi connectivity index (χ2v) is 6.62. The first-order valence-electron chi connectivity index (χ1n) is 9.20. The number of anilines is 1. The Balaban J connectivity index is 0.00000280. The number of nitrogens with one attached hydrogen (secondary N) is 1. The highest BCUT2D eigenvalue weighted by molar-refractivity contribution is 14.0. The van der Waals surface area contributed by atoms with E-state index in [9.17, 15) is 0 Å². The Hall–Kier alpha value is -1.94. The lowest BCUT2D eigenvalue weighted by Crippen LogP contribution is -2.30. The fraction of sp³-hybridized carbons (Fsp3) is 0.450. The summed E-state index contributed by atoms with van der Waals surface area (Å²) in [6, 6.07) is 9.60. The van der Waals surface area contributed by atoms with E-state index in [1.165, 1.54) is 12.8 Å². The Morgan fingerprint density at radius 2 is 1.96 bits per heavy atom. The number of furan rings is 1. The summed E-state index contributed by atoms with van der Waals surface area (Å²) >= 11 is 0. The first-order chi connectivity index (χ1) is 13.1. The van der Waals surface area contributed by atoms with Crippen LogP contribution in [-0.2, 0) is 0 Å². The number of hydrogen-bond acceptors (Lipinski definition) is 5. The number of likely N-dealkylation sites (tertiary alicyclic amines) is 1. The summed E-state index contributed by atoms with van der Waals surface area (Å²) in [6.07, 6.45) is 2.41. The van der Waals surface area contributed by atoms with Crippen LogP contribution < -0.4 is 20.5 Å². The molecule has 1 aliphatic rings. The molecule has 1 aliphatic heterocycles. The predicted octanol–water partition coefficient (Wildman–Crippen LogP) is 3.79. The highest BCUT2D eigenvalue weighted by Gasteiger charge is 2.25. The van der Waals surface area contributed by atoms with Gasteiger partial charge in [-0.3, -0.25) is 9.89 Å². The van der Waals surface area contributed by atoms with Gasteiger partial charge in [0.25, 0.3) is 0 Å². The number of guanidine groups is 1. The smallest absolute Gasteiger partial charge is 0.193 e. The van der Waals surface area contributed by atoms with Crippen LogP contribution >= 0.6 is 24.0 Å². The summed E-state index contributed by atoms with van der Waals surface area (Å²) in [4.78, 5) is 6.97. The van der Waals surface area contributed by atoms with E-state index < -0.39 is 0 Å². The van der Waals surface area contributed by atoms with Crippen molar-refractivity contribution in [2.45, 2.75) is 25.8 Å². The number of rotatable bonds is 7. The lowest BCUT2D eigenvalue weighted by molar-refractivity contribution is 0.219. The van der Waals surface area contributed by atoms with E-state index in [0.29, 0.717) is 29.7 Å². The normalized spacial score (nSPS) is 15.8. The molecular formula is C20H29IN4O3. The molecule has 7 nitrogen and oxygen atoms in total. The van der Waals surface area contributed by atoms with Gasteiger partial charge in [-0.15, -0.1) is 24.0 Å². The van der Waals surface area contributed by atoms with Crippen LogP contribution in [0.4, 0.5) is 5.69 Å². The van der Waals surface area contributed by atoms with Gasteiger partial charge in [0.2, 0.25) is 0 Å². The molecule has 28 heavy (non-hydrogen) atoms. The molecule has 1 aromatic carbocycles. The van der Waals surface area contributed by atoms with Crippen molar-refractivity contribution < 1.29 is 13.9 Å². The minimum Gasteiger partial charge on any atom is -0.497 e. The number of methoxy groups -OCH3 is 2. The van der Waals surface area contributed by atoms with Crippen LogP contribution in [0, 0.1) is 6.92 Å². The van der Waals surface area contributed by atoms with Gasteiger partial charge < -0.3 is 24.9 Å². The second kappa shape index (κ2) is 10.6. The minimum absolute atomic E-state index is 0. The highest BCUT2D eigenvalue weighted by atomic mass is 127. The van der Waals surface area contributed by atoms with Crippen molar-refractivity contribution in [3.05, 3.63) is 41.9 Å². The summed E-state index contributed by atoms with van der Waals surface area (Å²) in [5.74, 6) is 3.56. The Morgan fingerprint density at radius 3 is 2.57 bits per heavy atom. The Labute approximate surface area is 183 Å². The number of aliphatic imine (C=N–C) groups is 1. The fourth-order valence-corrected chi connectivity index (χ4v) is 3.35. The molecule has 3 N–H and O–H groups in total. The molecule has 1 aromatic heterocycles.